The Balaban J connectivity index is 1.66. The maximum atomic E-state index is 12.1. The lowest BCUT2D eigenvalue weighted by Crippen LogP contribution is -2.26. The fourth-order valence-electron chi connectivity index (χ4n) is 2.39. The Kier molecular flexibility index (Phi) is 5.23. The van der Waals surface area contributed by atoms with Crippen molar-refractivity contribution >= 4 is 23.2 Å². The van der Waals surface area contributed by atoms with E-state index in [4.69, 9.17) is 21.1 Å². The van der Waals surface area contributed by atoms with Gasteiger partial charge >= 0.3 is 5.97 Å². The quantitative estimate of drug-likeness (QED) is 0.643. The number of nitrogens with zero attached hydrogens (tertiary/aromatic N) is 2. The molecule has 26 heavy (non-hydrogen) atoms. The molecule has 3 aromatic rings. The van der Waals surface area contributed by atoms with E-state index >= 15 is 0 Å². The first-order valence-corrected chi connectivity index (χ1v) is 8.38. The van der Waals surface area contributed by atoms with Crippen LogP contribution in [0.1, 0.15) is 18.2 Å². The zero-order chi connectivity index (χ0) is 18.7. The summed E-state index contributed by atoms with van der Waals surface area (Å²) in [5.74, 6) is -0.0877. The number of fused-ring (bicyclic) bond motifs is 1. The van der Waals surface area contributed by atoms with Gasteiger partial charge in [0.1, 0.15) is 18.0 Å². The molecule has 2 heterocycles. The van der Waals surface area contributed by atoms with Gasteiger partial charge in [-0.3, -0.25) is 9.20 Å². The molecule has 7 heteroatoms. The molecule has 0 aliphatic carbocycles. The lowest BCUT2D eigenvalue weighted by molar-refractivity contribution is -0.152. The van der Waals surface area contributed by atoms with Crippen molar-refractivity contribution in [3.8, 4) is 5.75 Å². The van der Waals surface area contributed by atoms with Crippen molar-refractivity contribution in [2.24, 2.45) is 0 Å². The molecule has 3 rings (SSSR count). The number of rotatable bonds is 5. The molecule has 0 bridgehead atoms. The Morgan fingerprint density at radius 3 is 2.85 bits per heavy atom. The van der Waals surface area contributed by atoms with E-state index in [1.807, 2.05) is 13.0 Å². The summed E-state index contributed by atoms with van der Waals surface area (Å²) in [6.45, 7) is 3.36. The third-order valence-electron chi connectivity index (χ3n) is 3.66. The molecular formula is C19H17ClN2O4. The molecule has 0 saturated carbocycles. The van der Waals surface area contributed by atoms with Gasteiger partial charge in [-0.1, -0.05) is 23.7 Å². The maximum absolute atomic E-state index is 12.1. The highest BCUT2D eigenvalue weighted by molar-refractivity contribution is 6.30. The van der Waals surface area contributed by atoms with Gasteiger partial charge in [0.25, 0.3) is 5.56 Å². The smallest absolute Gasteiger partial charge is 0.347 e. The number of hydrogen-bond donors (Lipinski definition) is 0. The van der Waals surface area contributed by atoms with Gasteiger partial charge < -0.3 is 9.47 Å². The molecule has 1 aromatic carbocycles. The van der Waals surface area contributed by atoms with E-state index in [1.54, 1.807) is 43.5 Å². The Morgan fingerprint density at radius 1 is 1.27 bits per heavy atom. The second kappa shape index (κ2) is 7.58. The zero-order valence-electron chi connectivity index (χ0n) is 14.3. The first-order valence-electron chi connectivity index (χ1n) is 8.00. The average molecular weight is 373 g/mol. The second-order valence-electron chi connectivity index (χ2n) is 5.85. The summed E-state index contributed by atoms with van der Waals surface area (Å²) in [4.78, 5) is 28.6. The molecule has 0 fully saturated rings. The maximum Gasteiger partial charge on any atom is 0.347 e. The number of aryl methyl sites for hydroxylation is 1. The molecule has 134 valence electrons. The van der Waals surface area contributed by atoms with E-state index in [9.17, 15) is 9.59 Å². The Hall–Kier alpha value is -2.86. The van der Waals surface area contributed by atoms with Crippen LogP contribution in [0.5, 0.6) is 5.75 Å². The number of benzene rings is 1. The molecular weight excluding hydrogens is 356 g/mol. The summed E-state index contributed by atoms with van der Waals surface area (Å²) >= 11 is 5.89. The largest absolute Gasteiger partial charge is 0.479 e. The number of aromatic nitrogens is 2. The van der Waals surface area contributed by atoms with Gasteiger partial charge in [0.05, 0.1) is 5.69 Å². The Morgan fingerprint density at radius 2 is 2.08 bits per heavy atom. The van der Waals surface area contributed by atoms with Crippen LogP contribution in [0.25, 0.3) is 5.65 Å². The molecule has 0 spiro atoms. The van der Waals surface area contributed by atoms with E-state index in [1.165, 1.54) is 10.5 Å². The average Bonchev–Trinajstić information content (AvgIpc) is 2.60. The van der Waals surface area contributed by atoms with Crippen molar-refractivity contribution in [2.45, 2.75) is 26.6 Å². The Labute approximate surface area is 155 Å². The number of pyridine rings is 1. The number of hydrogen-bond acceptors (Lipinski definition) is 5. The summed E-state index contributed by atoms with van der Waals surface area (Å²) < 4.78 is 12.2. The van der Waals surface area contributed by atoms with E-state index in [0.717, 1.165) is 5.56 Å². The molecule has 0 aliphatic rings. The molecule has 2 aromatic heterocycles. The van der Waals surface area contributed by atoms with Crippen molar-refractivity contribution in [1.82, 2.24) is 9.38 Å². The fourth-order valence-corrected chi connectivity index (χ4v) is 2.57. The van der Waals surface area contributed by atoms with Gasteiger partial charge in [0.15, 0.2) is 6.10 Å². The lowest BCUT2D eigenvalue weighted by Gasteiger charge is -2.14. The van der Waals surface area contributed by atoms with Gasteiger partial charge in [-0.15, -0.1) is 0 Å². The van der Waals surface area contributed by atoms with Crippen LogP contribution in [-0.4, -0.2) is 21.5 Å². The first-order chi connectivity index (χ1) is 12.4. The van der Waals surface area contributed by atoms with E-state index < -0.39 is 12.1 Å². The van der Waals surface area contributed by atoms with Gasteiger partial charge in [-0.2, -0.15) is 0 Å². The summed E-state index contributed by atoms with van der Waals surface area (Å²) in [6, 6.07) is 11.7. The van der Waals surface area contributed by atoms with Crippen molar-refractivity contribution < 1.29 is 14.3 Å². The summed E-state index contributed by atoms with van der Waals surface area (Å²) in [5.41, 5.74) is 1.60. The summed E-state index contributed by atoms with van der Waals surface area (Å²) in [6.07, 6.45) is 0.888. The number of esters is 1. The van der Waals surface area contributed by atoms with E-state index in [-0.39, 0.29) is 12.2 Å². The number of ether oxygens (including phenoxy) is 2. The third kappa shape index (κ3) is 4.21. The normalized spacial score (nSPS) is 12.0. The molecule has 0 N–H and O–H groups in total. The van der Waals surface area contributed by atoms with Crippen LogP contribution in [0, 0.1) is 6.92 Å². The SMILES string of the molecule is Cc1ccc2nc(COC(=O)C(C)Oc3cccc(Cl)c3)cc(=O)n2c1. The second-order valence-corrected chi connectivity index (χ2v) is 6.28. The predicted octanol–water partition coefficient (Wildman–Crippen LogP) is 3.17. The van der Waals surface area contributed by atoms with Crippen LogP contribution in [0.3, 0.4) is 0 Å². The van der Waals surface area contributed by atoms with Crippen molar-refractivity contribution in [2.75, 3.05) is 0 Å². The van der Waals surface area contributed by atoms with Crippen LogP contribution in [-0.2, 0) is 16.1 Å². The topological polar surface area (TPSA) is 69.9 Å². The van der Waals surface area contributed by atoms with Crippen LogP contribution < -0.4 is 10.3 Å². The van der Waals surface area contributed by atoms with Gasteiger partial charge in [0.2, 0.25) is 0 Å². The Bertz CT molecular complexity index is 1020. The highest BCUT2D eigenvalue weighted by atomic mass is 35.5. The van der Waals surface area contributed by atoms with Gasteiger partial charge in [-0.05, 0) is 43.7 Å². The van der Waals surface area contributed by atoms with E-state index in [2.05, 4.69) is 4.98 Å². The zero-order valence-corrected chi connectivity index (χ0v) is 15.1. The molecule has 0 amide bonds. The third-order valence-corrected chi connectivity index (χ3v) is 3.90. The monoisotopic (exact) mass is 372 g/mol. The van der Waals surface area contributed by atoms with Crippen LogP contribution in [0.4, 0.5) is 0 Å². The lowest BCUT2D eigenvalue weighted by atomic mass is 10.3. The van der Waals surface area contributed by atoms with Crippen molar-refractivity contribution in [3.05, 3.63) is 75.3 Å². The van der Waals surface area contributed by atoms with Gasteiger partial charge in [-0.25, -0.2) is 9.78 Å². The first kappa shape index (κ1) is 17.9. The molecule has 1 unspecified atom stereocenters. The van der Waals surface area contributed by atoms with Crippen molar-refractivity contribution in [3.63, 3.8) is 0 Å². The minimum Gasteiger partial charge on any atom is -0.479 e. The fraction of sp³-hybridized carbons (Fsp3) is 0.211. The molecule has 0 saturated heterocycles. The van der Waals surface area contributed by atoms with Gasteiger partial charge in [0, 0.05) is 17.3 Å². The summed E-state index contributed by atoms with van der Waals surface area (Å²) in [7, 11) is 0. The highest BCUT2D eigenvalue weighted by Gasteiger charge is 2.17. The number of halogens is 1. The minimum atomic E-state index is -0.822. The van der Waals surface area contributed by atoms with Crippen LogP contribution in [0.2, 0.25) is 5.02 Å². The van der Waals surface area contributed by atoms with Crippen LogP contribution in [0.15, 0.2) is 53.5 Å². The van der Waals surface area contributed by atoms with E-state index in [0.29, 0.717) is 22.1 Å². The predicted molar refractivity (Wildman–Crippen MR) is 97.5 cm³/mol. The molecule has 0 aliphatic heterocycles. The van der Waals surface area contributed by atoms with Crippen molar-refractivity contribution in [1.29, 1.82) is 0 Å². The molecule has 6 nitrogen and oxygen atoms in total. The number of carbonyl (C=O) groups excluding carboxylic acids is 1. The molecule has 0 radical (unpaired) electrons. The standard InChI is InChI=1S/C19H17ClN2O4/c1-12-6-7-17-21-15(9-18(23)22(17)10-12)11-25-19(24)13(2)26-16-5-3-4-14(20)8-16/h3-10,13H,11H2,1-2H3. The minimum absolute atomic E-state index is 0.109. The number of carbonyl (C=O) groups is 1. The highest BCUT2D eigenvalue weighted by Crippen LogP contribution is 2.18. The summed E-state index contributed by atoms with van der Waals surface area (Å²) in [5, 5.41) is 0.513. The van der Waals surface area contributed by atoms with Crippen LogP contribution >= 0.6 is 11.6 Å². The molecule has 1 atom stereocenters.